The molecule has 0 radical (unpaired) electrons. The summed E-state index contributed by atoms with van der Waals surface area (Å²) in [5.41, 5.74) is -1.38. The van der Waals surface area contributed by atoms with Gasteiger partial charge in [-0.25, -0.2) is 4.79 Å². The van der Waals surface area contributed by atoms with Gasteiger partial charge in [0.2, 0.25) is 0 Å². The smallest absolute Gasteiger partial charge is 0.417 e. The molecule has 0 fully saturated rings. The van der Waals surface area contributed by atoms with Gasteiger partial charge in [0.05, 0.1) is 16.0 Å². The fraction of sp³-hybridized carbons (Fsp3) is 0.0870. The van der Waals surface area contributed by atoms with Gasteiger partial charge in [0.25, 0.3) is 5.69 Å². The number of fused-ring (bicyclic) bond motifs is 1. The quantitative estimate of drug-likeness (QED) is 0.129. The van der Waals surface area contributed by atoms with E-state index in [9.17, 15) is 33.3 Å². The second-order valence-corrected chi connectivity index (χ2v) is 8.26. The van der Waals surface area contributed by atoms with E-state index in [4.69, 9.17) is 27.9 Å². The molecule has 4 rings (SSSR count). The van der Waals surface area contributed by atoms with E-state index >= 15 is 0 Å². The Kier molecular flexibility index (Phi) is 6.35. The number of rotatable bonds is 5. The minimum Gasteiger partial charge on any atom is -0.456 e. The van der Waals surface area contributed by atoms with Crippen molar-refractivity contribution in [2.75, 3.05) is 0 Å². The highest BCUT2D eigenvalue weighted by atomic mass is 35.5. The average Bonchev–Trinajstić information content (AvgIpc) is 3.13. The maximum atomic E-state index is 13.9. The normalized spacial score (nSPS) is 11.6. The zero-order valence-electron chi connectivity index (χ0n) is 17.3. The predicted molar refractivity (Wildman–Crippen MR) is 122 cm³/mol. The molecule has 4 aromatic rings. The molecule has 0 aliphatic carbocycles. The third-order valence-corrected chi connectivity index (χ3v) is 5.72. The van der Waals surface area contributed by atoms with Gasteiger partial charge in [0, 0.05) is 33.1 Å². The maximum absolute atomic E-state index is 13.9. The molecule has 1 aromatic heterocycles. The number of benzene rings is 3. The van der Waals surface area contributed by atoms with E-state index in [1.54, 1.807) is 0 Å². The van der Waals surface area contributed by atoms with Crippen molar-refractivity contribution in [3.8, 4) is 11.1 Å². The molecule has 0 saturated heterocycles. The Morgan fingerprint density at radius 3 is 2.34 bits per heavy atom. The Bertz CT molecular complexity index is 1470. The summed E-state index contributed by atoms with van der Waals surface area (Å²) in [5.74, 6) is -1.10. The van der Waals surface area contributed by atoms with Crippen molar-refractivity contribution in [2.45, 2.75) is 12.8 Å². The molecule has 0 unspecified atom stereocenters. The zero-order valence-corrected chi connectivity index (χ0v) is 18.9. The summed E-state index contributed by atoms with van der Waals surface area (Å²) in [6.07, 6.45) is -4.81. The van der Waals surface area contributed by atoms with Gasteiger partial charge in [-0.1, -0.05) is 29.3 Å². The lowest BCUT2D eigenvalue weighted by molar-refractivity contribution is -0.384. The Morgan fingerprint density at radius 1 is 1.06 bits per heavy atom. The first-order valence-corrected chi connectivity index (χ1v) is 10.5. The van der Waals surface area contributed by atoms with E-state index in [1.807, 2.05) is 0 Å². The van der Waals surface area contributed by atoms with Crippen molar-refractivity contribution in [1.82, 2.24) is 4.73 Å². The number of aromatic nitrogens is 1. The van der Waals surface area contributed by atoms with Crippen LogP contribution in [-0.2, 0) is 17.5 Å². The number of nitro groups is 1. The molecule has 0 saturated carbocycles. The SMILES string of the molecule is O=C(OCc1ccc([N+](=O)[O-])cc1)c1cc2c(C(F)(F)F)cc(-c3ccc(Cl)cc3Cl)cc2n1O. The summed E-state index contributed by atoms with van der Waals surface area (Å²) >= 11 is 12.0. The number of halogens is 5. The molecule has 0 aliphatic heterocycles. The van der Waals surface area contributed by atoms with Crippen molar-refractivity contribution in [2.24, 2.45) is 0 Å². The van der Waals surface area contributed by atoms with E-state index in [0.717, 1.165) is 12.1 Å². The standard InChI is InChI=1S/C23H13Cl2F3N2O5/c24-14-3-6-16(19(25)9-14)13-7-18(23(26,27)28)17-10-21(29(32)20(17)8-13)22(31)35-11-12-1-4-15(5-2-12)30(33)34/h1-10,32H,11H2. The lowest BCUT2D eigenvalue weighted by Gasteiger charge is -2.12. The Balaban J connectivity index is 1.72. The lowest BCUT2D eigenvalue weighted by Crippen LogP contribution is -2.10. The number of nitrogens with zero attached hydrogens (tertiary/aromatic N) is 2. The van der Waals surface area contributed by atoms with Crippen molar-refractivity contribution in [3.05, 3.63) is 97.6 Å². The molecule has 180 valence electrons. The van der Waals surface area contributed by atoms with Gasteiger partial charge in [-0.15, -0.1) is 0 Å². The van der Waals surface area contributed by atoms with Crippen LogP contribution in [0.25, 0.3) is 22.0 Å². The number of carbonyl (C=O) groups is 1. The van der Waals surface area contributed by atoms with Crippen molar-refractivity contribution >= 4 is 45.8 Å². The van der Waals surface area contributed by atoms with E-state index in [1.165, 1.54) is 48.5 Å². The number of alkyl halides is 3. The number of carbonyl (C=O) groups excluding carboxylic acids is 1. The summed E-state index contributed by atoms with van der Waals surface area (Å²) < 4.78 is 47.0. The minimum atomic E-state index is -4.81. The molecule has 0 spiro atoms. The van der Waals surface area contributed by atoms with Crippen LogP contribution in [0.3, 0.4) is 0 Å². The number of nitro benzene ring substituents is 1. The van der Waals surface area contributed by atoms with Crippen LogP contribution in [-0.4, -0.2) is 20.8 Å². The molecule has 1 N–H and O–H groups in total. The fourth-order valence-electron chi connectivity index (χ4n) is 3.49. The van der Waals surface area contributed by atoms with E-state index in [0.29, 0.717) is 15.3 Å². The summed E-state index contributed by atoms with van der Waals surface area (Å²) in [5, 5.41) is 21.2. The first-order valence-electron chi connectivity index (χ1n) is 9.77. The lowest BCUT2D eigenvalue weighted by atomic mass is 9.99. The highest BCUT2D eigenvalue weighted by Crippen LogP contribution is 2.41. The molecule has 3 aromatic carbocycles. The average molecular weight is 525 g/mol. The van der Waals surface area contributed by atoms with Gasteiger partial charge < -0.3 is 9.94 Å². The van der Waals surface area contributed by atoms with Gasteiger partial charge in [-0.05, 0) is 53.6 Å². The number of ether oxygens (including phenoxy) is 1. The largest absolute Gasteiger partial charge is 0.456 e. The molecule has 0 atom stereocenters. The Morgan fingerprint density at radius 2 is 1.74 bits per heavy atom. The van der Waals surface area contributed by atoms with Crippen LogP contribution in [0, 0.1) is 10.1 Å². The van der Waals surface area contributed by atoms with Crippen LogP contribution in [0.4, 0.5) is 18.9 Å². The first-order chi connectivity index (χ1) is 16.5. The maximum Gasteiger partial charge on any atom is 0.417 e. The molecule has 35 heavy (non-hydrogen) atoms. The third-order valence-electron chi connectivity index (χ3n) is 5.17. The van der Waals surface area contributed by atoms with Gasteiger partial charge in [-0.3, -0.25) is 10.1 Å². The minimum absolute atomic E-state index is 0.0469. The molecule has 0 bridgehead atoms. The fourth-order valence-corrected chi connectivity index (χ4v) is 4.01. The van der Waals surface area contributed by atoms with Crippen LogP contribution in [0.5, 0.6) is 0 Å². The highest BCUT2D eigenvalue weighted by molar-refractivity contribution is 6.36. The monoisotopic (exact) mass is 524 g/mol. The number of hydrogen-bond donors (Lipinski definition) is 1. The number of esters is 1. The van der Waals surface area contributed by atoms with Gasteiger partial charge in [-0.2, -0.15) is 17.9 Å². The molecule has 0 aliphatic rings. The van der Waals surface area contributed by atoms with Crippen molar-refractivity contribution in [1.29, 1.82) is 0 Å². The van der Waals surface area contributed by atoms with Crippen molar-refractivity contribution in [3.63, 3.8) is 0 Å². The predicted octanol–water partition coefficient (Wildman–Crippen LogP) is 7.14. The van der Waals surface area contributed by atoms with Crippen LogP contribution in [0.15, 0.2) is 60.7 Å². The molecule has 1 heterocycles. The van der Waals surface area contributed by atoms with Gasteiger partial charge in [0.15, 0.2) is 5.69 Å². The summed E-state index contributed by atoms with van der Waals surface area (Å²) in [6, 6.07) is 12.4. The second-order valence-electron chi connectivity index (χ2n) is 7.42. The summed E-state index contributed by atoms with van der Waals surface area (Å²) in [6.45, 7) is -0.323. The van der Waals surface area contributed by atoms with E-state index < -0.39 is 33.7 Å². The van der Waals surface area contributed by atoms with E-state index in [-0.39, 0.29) is 34.0 Å². The zero-order chi connectivity index (χ0) is 25.5. The molecular formula is C23H13Cl2F3N2O5. The van der Waals surface area contributed by atoms with Crippen molar-refractivity contribution < 1.29 is 32.8 Å². The van der Waals surface area contributed by atoms with Gasteiger partial charge in [0.1, 0.15) is 6.61 Å². The summed E-state index contributed by atoms with van der Waals surface area (Å²) in [7, 11) is 0. The third kappa shape index (κ3) is 4.89. The first kappa shape index (κ1) is 24.4. The van der Waals surface area contributed by atoms with Crippen LogP contribution < -0.4 is 0 Å². The Hall–Kier alpha value is -3.76. The summed E-state index contributed by atoms with van der Waals surface area (Å²) in [4.78, 5) is 22.7. The highest BCUT2D eigenvalue weighted by Gasteiger charge is 2.35. The van der Waals surface area contributed by atoms with Crippen LogP contribution in [0.2, 0.25) is 10.0 Å². The van der Waals surface area contributed by atoms with Crippen LogP contribution in [0.1, 0.15) is 21.6 Å². The van der Waals surface area contributed by atoms with Crippen LogP contribution >= 0.6 is 23.2 Å². The molecule has 12 heteroatoms. The molecule has 7 nitrogen and oxygen atoms in total. The Labute approximate surface area is 205 Å². The molecular weight excluding hydrogens is 512 g/mol. The molecule has 0 amide bonds. The van der Waals surface area contributed by atoms with Gasteiger partial charge >= 0.3 is 12.1 Å². The number of hydrogen-bond acceptors (Lipinski definition) is 5. The number of non-ortho nitro benzene ring substituents is 1. The second kappa shape index (κ2) is 9.12. The topological polar surface area (TPSA) is 94.6 Å². The van der Waals surface area contributed by atoms with E-state index in [2.05, 4.69) is 0 Å².